The van der Waals surface area contributed by atoms with Gasteiger partial charge in [-0.3, -0.25) is 0 Å². The minimum Gasteiger partial charge on any atom is -0.379 e. The van der Waals surface area contributed by atoms with Crippen LogP contribution in [0.4, 0.5) is 0 Å². The molecule has 3 heterocycles. The Morgan fingerprint density at radius 2 is 2.24 bits per heavy atom. The number of hydrogen-bond acceptors (Lipinski definition) is 4. The van der Waals surface area contributed by atoms with E-state index in [0.717, 1.165) is 24.6 Å². The van der Waals surface area contributed by atoms with E-state index in [1.165, 1.54) is 19.3 Å². The highest BCUT2D eigenvalue weighted by Crippen LogP contribution is 2.32. The first-order chi connectivity index (χ1) is 8.22. The van der Waals surface area contributed by atoms with Crippen LogP contribution in [-0.2, 0) is 23.1 Å². The third-order valence-electron chi connectivity index (χ3n) is 4.14. The number of nitrogens with two attached hydrogens (primary N) is 1. The van der Waals surface area contributed by atoms with Crippen LogP contribution in [-0.4, -0.2) is 34.0 Å². The van der Waals surface area contributed by atoms with Gasteiger partial charge in [-0.1, -0.05) is 6.42 Å². The SMILES string of the molecule is CC1(c2nnc3n2CCCCC3)COCC1N. The molecule has 0 spiro atoms. The van der Waals surface area contributed by atoms with Gasteiger partial charge in [0.25, 0.3) is 0 Å². The number of fused-ring (bicyclic) bond motifs is 1. The molecule has 1 aromatic heterocycles. The summed E-state index contributed by atoms with van der Waals surface area (Å²) in [7, 11) is 0. The molecule has 0 amide bonds. The number of aromatic nitrogens is 3. The van der Waals surface area contributed by atoms with E-state index >= 15 is 0 Å². The summed E-state index contributed by atoms with van der Waals surface area (Å²) in [5.41, 5.74) is 6.00. The van der Waals surface area contributed by atoms with Crippen LogP contribution in [0.25, 0.3) is 0 Å². The van der Waals surface area contributed by atoms with E-state index in [2.05, 4.69) is 21.7 Å². The fourth-order valence-corrected chi connectivity index (χ4v) is 2.83. The number of nitrogens with zero attached hydrogens (tertiary/aromatic N) is 3. The zero-order valence-electron chi connectivity index (χ0n) is 10.4. The summed E-state index contributed by atoms with van der Waals surface area (Å²) in [6, 6.07) is 0.0269. The minimum absolute atomic E-state index is 0.0269. The van der Waals surface area contributed by atoms with Crippen molar-refractivity contribution in [2.24, 2.45) is 5.73 Å². The second-order valence-electron chi connectivity index (χ2n) is 5.44. The highest BCUT2D eigenvalue weighted by Gasteiger charge is 2.43. The van der Waals surface area contributed by atoms with Crippen molar-refractivity contribution in [1.82, 2.24) is 14.8 Å². The van der Waals surface area contributed by atoms with Gasteiger partial charge in [0.1, 0.15) is 11.6 Å². The van der Waals surface area contributed by atoms with Crippen molar-refractivity contribution >= 4 is 0 Å². The molecule has 1 saturated heterocycles. The molecule has 0 bridgehead atoms. The van der Waals surface area contributed by atoms with Crippen molar-refractivity contribution < 1.29 is 4.74 Å². The lowest BCUT2D eigenvalue weighted by Crippen LogP contribution is -2.44. The van der Waals surface area contributed by atoms with Crippen LogP contribution >= 0.6 is 0 Å². The van der Waals surface area contributed by atoms with E-state index in [0.29, 0.717) is 13.2 Å². The van der Waals surface area contributed by atoms with Crippen LogP contribution < -0.4 is 5.73 Å². The lowest BCUT2D eigenvalue weighted by molar-refractivity contribution is 0.177. The van der Waals surface area contributed by atoms with Crippen molar-refractivity contribution in [3.8, 4) is 0 Å². The summed E-state index contributed by atoms with van der Waals surface area (Å²) in [4.78, 5) is 0. The summed E-state index contributed by atoms with van der Waals surface area (Å²) < 4.78 is 7.79. The molecule has 5 nitrogen and oxygen atoms in total. The van der Waals surface area contributed by atoms with Crippen molar-refractivity contribution in [2.45, 2.75) is 50.6 Å². The van der Waals surface area contributed by atoms with Gasteiger partial charge < -0.3 is 15.0 Å². The molecule has 0 aliphatic carbocycles. The van der Waals surface area contributed by atoms with Crippen LogP contribution in [0.2, 0.25) is 0 Å². The molecular weight excluding hydrogens is 216 g/mol. The number of ether oxygens (including phenoxy) is 1. The summed E-state index contributed by atoms with van der Waals surface area (Å²) in [5, 5.41) is 8.74. The first-order valence-electron chi connectivity index (χ1n) is 6.48. The molecule has 1 aromatic rings. The largest absolute Gasteiger partial charge is 0.379 e. The van der Waals surface area contributed by atoms with Gasteiger partial charge in [0.15, 0.2) is 0 Å². The summed E-state index contributed by atoms with van der Waals surface area (Å²) in [6.45, 7) is 4.46. The average Bonchev–Trinajstić information content (AvgIpc) is 2.78. The van der Waals surface area contributed by atoms with Gasteiger partial charge in [-0.2, -0.15) is 0 Å². The standard InChI is InChI=1S/C12H20N4O/c1-12(8-17-7-9(12)13)11-15-14-10-5-3-2-4-6-16(10)11/h9H,2-8,13H2,1H3. The molecule has 94 valence electrons. The second kappa shape index (κ2) is 4.07. The van der Waals surface area contributed by atoms with Crippen molar-refractivity contribution in [3.05, 3.63) is 11.6 Å². The number of aryl methyl sites for hydroxylation is 1. The smallest absolute Gasteiger partial charge is 0.142 e. The Morgan fingerprint density at radius 3 is 3.00 bits per heavy atom. The molecule has 2 N–H and O–H groups in total. The van der Waals surface area contributed by atoms with Gasteiger partial charge in [0, 0.05) is 19.0 Å². The fraction of sp³-hybridized carbons (Fsp3) is 0.833. The Labute approximate surface area is 101 Å². The molecule has 2 atom stereocenters. The van der Waals surface area contributed by atoms with Gasteiger partial charge in [-0.15, -0.1) is 10.2 Å². The monoisotopic (exact) mass is 236 g/mol. The topological polar surface area (TPSA) is 66.0 Å². The fourth-order valence-electron chi connectivity index (χ4n) is 2.83. The van der Waals surface area contributed by atoms with E-state index in [1.807, 2.05) is 0 Å². The van der Waals surface area contributed by atoms with E-state index in [4.69, 9.17) is 10.5 Å². The van der Waals surface area contributed by atoms with Crippen molar-refractivity contribution in [3.63, 3.8) is 0 Å². The highest BCUT2D eigenvalue weighted by molar-refractivity contribution is 5.16. The Kier molecular flexibility index (Phi) is 2.67. The molecule has 5 heteroatoms. The molecule has 2 aliphatic heterocycles. The first-order valence-corrected chi connectivity index (χ1v) is 6.48. The zero-order chi connectivity index (χ0) is 11.9. The minimum atomic E-state index is -0.171. The molecule has 17 heavy (non-hydrogen) atoms. The second-order valence-corrected chi connectivity index (χ2v) is 5.44. The third kappa shape index (κ3) is 1.68. The summed E-state index contributed by atoms with van der Waals surface area (Å²) in [5.74, 6) is 2.15. The average molecular weight is 236 g/mol. The van der Waals surface area contributed by atoms with Crippen LogP contribution in [0.3, 0.4) is 0 Å². The number of rotatable bonds is 1. The maximum absolute atomic E-state index is 6.17. The normalized spacial score (nSPS) is 33.4. The van der Waals surface area contributed by atoms with Gasteiger partial charge in [-0.05, 0) is 19.8 Å². The molecule has 0 aromatic carbocycles. The first kappa shape index (κ1) is 11.2. The van der Waals surface area contributed by atoms with Crippen LogP contribution in [0.15, 0.2) is 0 Å². The van der Waals surface area contributed by atoms with Crippen molar-refractivity contribution in [2.75, 3.05) is 13.2 Å². The molecule has 0 radical (unpaired) electrons. The summed E-state index contributed by atoms with van der Waals surface area (Å²) in [6.07, 6.45) is 4.75. The molecule has 2 unspecified atom stereocenters. The maximum atomic E-state index is 6.17. The van der Waals surface area contributed by atoms with Gasteiger partial charge in [0.05, 0.1) is 18.6 Å². The molecular formula is C12H20N4O. The lowest BCUT2D eigenvalue weighted by Gasteiger charge is -2.26. The number of hydrogen-bond donors (Lipinski definition) is 1. The summed E-state index contributed by atoms with van der Waals surface area (Å²) >= 11 is 0. The Hall–Kier alpha value is -0.940. The Bertz CT molecular complexity index is 417. The molecule has 2 aliphatic rings. The maximum Gasteiger partial charge on any atom is 0.142 e. The van der Waals surface area contributed by atoms with E-state index in [9.17, 15) is 0 Å². The quantitative estimate of drug-likeness (QED) is 0.776. The molecule has 0 saturated carbocycles. The van der Waals surface area contributed by atoms with E-state index < -0.39 is 0 Å². The van der Waals surface area contributed by atoms with Crippen LogP contribution in [0.1, 0.15) is 37.8 Å². The van der Waals surface area contributed by atoms with Crippen LogP contribution in [0, 0.1) is 0 Å². The zero-order valence-corrected chi connectivity index (χ0v) is 10.4. The van der Waals surface area contributed by atoms with Crippen molar-refractivity contribution in [1.29, 1.82) is 0 Å². The Morgan fingerprint density at radius 1 is 1.35 bits per heavy atom. The Balaban J connectivity index is 2.00. The predicted molar refractivity (Wildman–Crippen MR) is 63.7 cm³/mol. The van der Waals surface area contributed by atoms with Gasteiger partial charge >= 0.3 is 0 Å². The predicted octanol–water partition coefficient (Wildman–Crippen LogP) is 0.620. The van der Waals surface area contributed by atoms with E-state index in [-0.39, 0.29) is 11.5 Å². The van der Waals surface area contributed by atoms with E-state index in [1.54, 1.807) is 0 Å². The third-order valence-corrected chi connectivity index (χ3v) is 4.14. The lowest BCUT2D eigenvalue weighted by atomic mass is 9.85. The van der Waals surface area contributed by atoms with Gasteiger partial charge in [-0.25, -0.2) is 0 Å². The van der Waals surface area contributed by atoms with Gasteiger partial charge in [0.2, 0.25) is 0 Å². The van der Waals surface area contributed by atoms with Crippen LogP contribution in [0.5, 0.6) is 0 Å². The molecule has 1 fully saturated rings. The molecule has 3 rings (SSSR count). The highest BCUT2D eigenvalue weighted by atomic mass is 16.5.